The Bertz CT molecular complexity index is 804. The first-order valence-corrected chi connectivity index (χ1v) is 9.55. The Morgan fingerprint density at radius 3 is 2.24 bits per heavy atom. The summed E-state index contributed by atoms with van der Waals surface area (Å²) in [5.74, 6) is 0. The number of rotatable bonds is 4. The summed E-state index contributed by atoms with van der Waals surface area (Å²) in [6.07, 6.45) is 0. The van der Waals surface area contributed by atoms with Crippen molar-refractivity contribution in [1.29, 1.82) is 0 Å². The first kappa shape index (κ1) is 19.6. The molecule has 0 unspecified atom stereocenters. The van der Waals surface area contributed by atoms with E-state index in [1.54, 1.807) is 30.3 Å². The van der Waals surface area contributed by atoms with Crippen LogP contribution in [0.2, 0.25) is 0 Å². The standard InChI is InChI=1S/C18H23N3O2S.ClH/c1-20(2)17-14-15(21-12-10-19-11-13-21)8-9-18(17)24(22,23)16-6-4-3-5-7-16;/h3-9,14,19H,10-13H2,1-2H3;1H. The zero-order valence-electron chi connectivity index (χ0n) is 14.5. The highest BCUT2D eigenvalue weighted by atomic mass is 35.5. The Hall–Kier alpha value is -1.76. The summed E-state index contributed by atoms with van der Waals surface area (Å²) in [7, 11) is 0.217. The van der Waals surface area contributed by atoms with Gasteiger partial charge in [-0.25, -0.2) is 8.42 Å². The van der Waals surface area contributed by atoms with E-state index in [1.807, 2.05) is 37.2 Å². The van der Waals surface area contributed by atoms with Gasteiger partial charge in [0.15, 0.2) is 0 Å². The molecule has 3 rings (SSSR count). The van der Waals surface area contributed by atoms with Gasteiger partial charge in [0.05, 0.1) is 15.5 Å². The molecule has 7 heteroatoms. The molecule has 0 aliphatic carbocycles. The van der Waals surface area contributed by atoms with Gasteiger partial charge in [-0.3, -0.25) is 0 Å². The minimum Gasteiger partial charge on any atom is -0.377 e. The van der Waals surface area contributed by atoms with Crippen LogP contribution in [0, 0.1) is 0 Å². The lowest BCUT2D eigenvalue weighted by molar-refractivity contribution is 0.588. The Kier molecular flexibility index (Phi) is 6.32. The lowest BCUT2D eigenvalue weighted by Gasteiger charge is -2.30. The van der Waals surface area contributed by atoms with Crippen LogP contribution in [0.25, 0.3) is 0 Å². The third kappa shape index (κ3) is 4.08. The predicted molar refractivity (Wildman–Crippen MR) is 105 cm³/mol. The quantitative estimate of drug-likeness (QED) is 0.881. The molecule has 1 aliphatic rings. The van der Waals surface area contributed by atoms with Crippen molar-refractivity contribution in [3.05, 3.63) is 48.5 Å². The molecule has 0 bridgehead atoms. The molecule has 2 aromatic carbocycles. The highest BCUT2D eigenvalue weighted by Gasteiger charge is 2.23. The maximum atomic E-state index is 13.0. The number of sulfone groups is 1. The van der Waals surface area contributed by atoms with Gasteiger partial charge in [0.25, 0.3) is 0 Å². The van der Waals surface area contributed by atoms with Gasteiger partial charge in [-0.2, -0.15) is 0 Å². The SMILES string of the molecule is CN(C)c1cc(N2CCNCC2)ccc1S(=O)(=O)c1ccccc1.Cl. The van der Waals surface area contributed by atoms with Crippen LogP contribution in [0.1, 0.15) is 0 Å². The number of halogens is 1. The summed E-state index contributed by atoms with van der Waals surface area (Å²) >= 11 is 0. The van der Waals surface area contributed by atoms with Crippen molar-refractivity contribution in [2.24, 2.45) is 0 Å². The van der Waals surface area contributed by atoms with Crippen molar-refractivity contribution >= 4 is 33.6 Å². The van der Waals surface area contributed by atoms with Gasteiger partial charge in [0.2, 0.25) is 9.84 Å². The zero-order chi connectivity index (χ0) is 17.2. The number of benzene rings is 2. The van der Waals surface area contributed by atoms with E-state index in [9.17, 15) is 8.42 Å². The number of nitrogens with zero attached hydrogens (tertiary/aromatic N) is 2. The van der Waals surface area contributed by atoms with Crippen LogP contribution in [0.3, 0.4) is 0 Å². The molecule has 25 heavy (non-hydrogen) atoms. The molecule has 0 spiro atoms. The van der Waals surface area contributed by atoms with Gasteiger partial charge in [-0.05, 0) is 30.3 Å². The van der Waals surface area contributed by atoms with Crippen LogP contribution in [0.5, 0.6) is 0 Å². The van der Waals surface area contributed by atoms with E-state index < -0.39 is 9.84 Å². The van der Waals surface area contributed by atoms with Gasteiger partial charge >= 0.3 is 0 Å². The predicted octanol–water partition coefficient (Wildman–Crippen LogP) is 2.42. The van der Waals surface area contributed by atoms with Gasteiger partial charge in [0, 0.05) is 46.0 Å². The fourth-order valence-corrected chi connectivity index (χ4v) is 4.46. The molecule has 1 aliphatic heterocycles. The molecule has 0 amide bonds. The van der Waals surface area contributed by atoms with Crippen LogP contribution in [-0.4, -0.2) is 48.7 Å². The lowest BCUT2D eigenvalue weighted by Crippen LogP contribution is -2.43. The number of anilines is 2. The molecule has 1 saturated heterocycles. The second kappa shape index (κ2) is 8.08. The van der Waals surface area contributed by atoms with Crippen LogP contribution in [0.15, 0.2) is 58.3 Å². The first-order valence-electron chi connectivity index (χ1n) is 8.07. The third-order valence-electron chi connectivity index (χ3n) is 4.25. The molecular weight excluding hydrogens is 358 g/mol. The molecule has 1 N–H and O–H groups in total. The highest BCUT2D eigenvalue weighted by molar-refractivity contribution is 7.91. The maximum absolute atomic E-state index is 13.0. The number of nitrogens with one attached hydrogen (secondary N) is 1. The van der Waals surface area contributed by atoms with Crippen LogP contribution in [0.4, 0.5) is 11.4 Å². The molecular formula is C18H24ClN3O2S. The maximum Gasteiger partial charge on any atom is 0.208 e. The average molecular weight is 382 g/mol. The largest absolute Gasteiger partial charge is 0.377 e. The van der Waals surface area contributed by atoms with Crippen molar-refractivity contribution in [2.45, 2.75) is 9.79 Å². The van der Waals surface area contributed by atoms with E-state index in [-0.39, 0.29) is 12.4 Å². The van der Waals surface area contributed by atoms with Gasteiger partial charge < -0.3 is 15.1 Å². The summed E-state index contributed by atoms with van der Waals surface area (Å²) in [6.45, 7) is 3.75. The van der Waals surface area contributed by atoms with Crippen molar-refractivity contribution in [1.82, 2.24) is 5.32 Å². The van der Waals surface area contributed by atoms with E-state index in [4.69, 9.17) is 0 Å². The minimum atomic E-state index is -3.53. The minimum absolute atomic E-state index is 0. The molecule has 0 radical (unpaired) electrons. The third-order valence-corrected chi connectivity index (χ3v) is 6.07. The molecule has 2 aromatic rings. The van der Waals surface area contributed by atoms with Crippen LogP contribution < -0.4 is 15.1 Å². The summed E-state index contributed by atoms with van der Waals surface area (Å²) in [4.78, 5) is 4.81. The second-order valence-corrected chi connectivity index (χ2v) is 8.02. The Morgan fingerprint density at radius 1 is 1.00 bits per heavy atom. The van der Waals surface area contributed by atoms with E-state index in [0.717, 1.165) is 37.6 Å². The Morgan fingerprint density at radius 2 is 1.64 bits per heavy atom. The van der Waals surface area contributed by atoms with E-state index in [0.29, 0.717) is 9.79 Å². The lowest BCUT2D eigenvalue weighted by atomic mass is 10.2. The van der Waals surface area contributed by atoms with Crippen molar-refractivity contribution < 1.29 is 8.42 Å². The van der Waals surface area contributed by atoms with E-state index in [1.165, 1.54) is 0 Å². The number of piperazine rings is 1. The number of hydrogen-bond acceptors (Lipinski definition) is 5. The molecule has 1 heterocycles. The molecule has 5 nitrogen and oxygen atoms in total. The molecule has 136 valence electrons. The summed E-state index contributed by atoms with van der Waals surface area (Å²) in [6, 6.07) is 14.2. The first-order chi connectivity index (χ1) is 11.5. The normalized spacial score (nSPS) is 14.7. The fraction of sp³-hybridized carbons (Fsp3) is 0.333. The highest BCUT2D eigenvalue weighted by Crippen LogP contribution is 2.33. The average Bonchev–Trinajstić information content (AvgIpc) is 2.62. The van der Waals surface area contributed by atoms with Crippen molar-refractivity contribution in [3.63, 3.8) is 0 Å². The monoisotopic (exact) mass is 381 g/mol. The Balaban J connectivity index is 0.00000225. The zero-order valence-corrected chi connectivity index (χ0v) is 16.1. The van der Waals surface area contributed by atoms with Gasteiger partial charge in [0.1, 0.15) is 0 Å². The molecule has 1 fully saturated rings. The van der Waals surface area contributed by atoms with Crippen molar-refractivity contribution in [2.75, 3.05) is 50.1 Å². The van der Waals surface area contributed by atoms with Gasteiger partial charge in [-0.15, -0.1) is 12.4 Å². The van der Waals surface area contributed by atoms with E-state index >= 15 is 0 Å². The van der Waals surface area contributed by atoms with Gasteiger partial charge in [-0.1, -0.05) is 18.2 Å². The molecule has 0 atom stereocenters. The Labute approximate surface area is 156 Å². The fourth-order valence-electron chi connectivity index (χ4n) is 2.93. The van der Waals surface area contributed by atoms with E-state index in [2.05, 4.69) is 10.2 Å². The second-order valence-electron chi connectivity index (χ2n) is 6.10. The molecule has 0 aromatic heterocycles. The van der Waals surface area contributed by atoms with Crippen LogP contribution in [-0.2, 0) is 9.84 Å². The smallest absolute Gasteiger partial charge is 0.208 e. The van der Waals surface area contributed by atoms with Crippen LogP contribution >= 0.6 is 12.4 Å². The topological polar surface area (TPSA) is 52.6 Å². The summed E-state index contributed by atoms with van der Waals surface area (Å²) in [5, 5.41) is 3.33. The van der Waals surface area contributed by atoms with Crippen molar-refractivity contribution in [3.8, 4) is 0 Å². The number of hydrogen-bond donors (Lipinski definition) is 1. The summed E-state index contributed by atoms with van der Waals surface area (Å²) in [5.41, 5.74) is 1.78. The molecule has 0 saturated carbocycles. The summed E-state index contributed by atoms with van der Waals surface area (Å²) < 4.78 is 26.0.